The summed E-state index contributed by atoms with van der Waals surface area (Å²) in [6.45, 7) is 10.9. The lowest BCUT2D eigenvalue weighted by atomic mass is 10.2. The normalized spacial score (nSPS) is 12.2. The van der Waals surface area contributed by atoms with Gasteiger partial charge in [0.15, 0.2) is 17.1 Å². The summed E-state index contributed by atoms with van der Waals surface area (Å²) in [7, 11) is -6.90. The van der Waals surface area contributed by atoms with Crippen LogP contribution in [0.3, 0.4) is 0 Å². The highest BCUT2D eigenvalue weighted by Crippen LogP contribution is 2.59. The molecule has 0 unspecified atom stereocenters. The van der Waals surface area contributed by atoms with E-state index in [0.717, 1.165) is 11.3 Å². The Morgan fingerprint density at radius 2 is 1.48 bits per heavy atom. The SMILES string of the molecule is CCNP(=O)(NCC)C(Nc1ccc(OCCc2nc(-c3ccccc3)oc2C)c(F)c1)P(=O)(NCC)NCC. The van der Waals surface area contributed by atoms with Crippen LogP contribution in [-0.2, 0) is 15.6 Å². The molecule has 0 amide bonds. The number of ether oxygens (including phenoxy) is 1. The second-order valence-corrected chi connectivity index (χ2v) is 14.3. The minimum Gasteiger partial charge on any atom is -0.490 e. The molecule has 0 aliphatic heterocycles. The van der Waals surface area contributed by atoms with Crippen LogP contribution in [0.2, 0.25) is 0 Å². The van der Waals surface area contributed by atoms with Crippen LogP contribution in [0.5, 0.6) is 5.75 Å². The number of hydrogen-bond donors (Lipinski definition) is 5. The Bertz CT molecular complexity index is 1270. The van der Waals surface area contributed by atoms with Crippen molar-refractivity contribution in [1.29, 1.82) is 0 Å². The van der Waals surface area contributed by atoms with Crippen LogP contribution >= 0.6 is 14.9 Å². The van der Waals surface area contributed by atoms with Crippen LogP contribution in [0, 0.1) is 12.7 Å². The molecule has 40 heavy (non-hydrogen) atoms. The van der Waals surface area contributed by atoms with Crippen LogP contribution in [0.1, 0.15) is 39.1 Å². The van der Waals surface area contributed by atoms with Crippen LogP contribution in [0.15, 0.2) is 52.9 Å². The smallest absolute Gasteiger partial charge is 0.243 e. The number of aromatic nitrogens is 1. The molecule has 10 nitrogen and oxygen atoms in total. The van der Waals surface area contributed by atoms with Gasteiger partial charge in [-0.2, -0.15) is 0 Å². The molecule has 0 aliphatic carbocycles. The number of nitrogens with one attached hydrogen (secondary N) is 5. The molecule has 3 aromatic rings. The van der Waals surface area contributed by atoms with Gasteiger partial charge in [0.2, 0.25) is 20.8 Å². The Morgan fingerprint density at radius 1 is 0.900 bits per heavy atom. The molecule has 1 heterocycles. The second kappa shape index (κ2) is 14.9. The van der Waals surface area contributed by atoms with E-state index in [0.29, 0.717) is 49.9 Å². The van der Waals surface area contributed by atoms with Crippen molar-refractivity contribution in [3.05, 3.63) is 65.8 Å². The number of aryl methyl sites for hydroxylation is 1. The third-order valence-corrected chi connectivity index (χ3v) is 12.7. The first-order valence-corrected chi connectivity index (χ1v) is 17.1. The summed E-state index contributed by atoms with van der Waals surface area (Å²) >= 11 is 0. The molecule has 5 N–H and O–H groups in total. The van der Waals surface area contributed by atoms with Gasteiger partial charge in [-0.05, 0) is 31.2 Å². The standard InChI is InChI=1S/C27H41FN6O4P2/c1-6-29-39(35,30-7-2)27(40(36,31-8-3)32-9-4)33-22-15-16-25(23(28)19-22)37-18-17-24-20(5)38-26(34-24)21-13-11-10-12-14-21/h10-16,19,27,33H,6-9,17-18H2,1-5H3,(H2,29,30,35)(H2,31,32,36). The molecule has 0 atom stereocenters. The van der Waals surface area contributed by atoms with Crippen LogP contribution in [0.4, 0.5) is 10.1 Å². The maximum atomic E-state index is 15.1. The third kappa shape index (κ3) is 8.03. The van der Waals surface area contributed by atoms with Gasteiger partial charge >= 0.3 is 0 Å². The lowest BCUT2D eigenvalue weighted by Crippen LogP contribution is -2.41. The van der Waals surface area contributed by atoms with Crippen molar-refractivity contribution in [2.45, 2.75) is 46.6 Å². The monoisotopic (exact) mass is 594 g/mol. The van der Waals surface area contributed by atoms with Gasteiger partial charge < -0.3 is 14.5 Å². The van der Waals surface area contributed by atoms with Crippen molar-refractivity contribution in [2.75, 3.05) is 38.1 Å². The molecule has 0 radical (unpaired) electrons. The number of halogens is 1. The molecule has 0 aliphatic rings. The first-order valence-electron chi connectivity index (χ1n) is 13.6. The second-order valence-electron chi connectivity index (χ2n) is 9.01. The zero-order valence-electron chi connectivity index (χ0n) is 23.8. The fraction of sp³-hybridized carbons (Fsp3) is 0.444. The van der Waals surface area contributed by atoms with Crippen molar-refractivity contribution in [2.24, 2.45) is 0 Å². The number of nitrogens with zero attached hydrogens (tertiary/aromatic N) is 1. The predicted molar refractivity (Wildman–Crippen MR) is 160 cm³/mol. The fourth-order valence-electron chi connectivity index (χ4n) is 4.29. The average molecular weight is 595 g/mol. The summed E-state index contributed by atoms with van der Waals surface area (Å²) in [6.07, 6.45) is 0.437. The van der Waals surface area contributed by atoms with E-state index in [1.54, 1.807) is 6.07 Å². The molecule has 1 aromatic heterocycles. The van der Waals surface area contributed by atoms with Gasteiger partial charge in [-0.25, -0.2) is 9.37 Å². The summed E-state index contributed by atoms with van der Waals surface area (Å²) in [6, 6.07) is 14.0. The minimum atomic E-state index is -3.45. The van der Waals surface area contributed by atoms with E-state index in [-0.39, 0.29) is 12.4 Å². The molecule has 0 saturated carbocycles. The van der Waals surface area contributed by atoms with Gasteiger partial charge in [0.1, 0.15) is 5.76 Å². The van der Waals surface area contributed by atoms with Gasteiger partial charge in [-0.1, -0.05) is 45.9 Å². The third-order valence-electron chi connectivity index (χ3n) is 6.00. The molecule has 13 heteroatoms. The average Bonchev–Trinajstić information content (AvgIpc) is 3.29. The molecule has 3 rings (SSSR count). The van der Waals surface area contributed by atoms with E-state index < -0.39 is 26.2 Å². The molecular weight excluding hydrogens is 553 g/mol. The first-order chi connectivity index (χ1) is 19.2. The van der Waals surface area contributed by atoms with Crippen LogP contribution < -0.4 is 30.4 Å². The Hall–Kier alpha value is -2.52. The highest BCUT2D eigenvalue weighted by molar-refractivity contribution is 7.78. The van der Waals surface area contributed by atoms with Gasteiger partial charge in [0.25, 0.3) is 0 Å². The van der Waals surface area contributed by atoms with E-state index in [1.165, 1.54) is 12.1 Å². The number of benzene rings is 2. The molecular formula is C27H41FN6O4P2. The molecule has 0 spiro atoms. The fourth-order valence-corrected chi connectivity index (χ4v) is 10.6. The Labute approximate surface area is 236 Å². The lowest BCUT2D eigenvalue weighted by molar-refractivity contribution is 0.303. The summed E-state index contributed by atoms with van der Waals surface area (Å²) in [5.74, 6) is 0.679. The number of hydrogen-bond acceptors (Lipinski definition) is 6. The molecule has 0 saturated heterocycles. The van der Waals surface area contributed by atoms with Gasteiger partial charge in [0.05, 0.1) is 12.3 Å². The highest BCUT2D eigenvalue weighted by Gasteiger charge is 2.45. The van der Waals surface area contributed by atoms with E-state index in [1.807, 2.05) is 65.0 Å². The van der Waals surface area contributed by atoms with Gasteiger partial charge in [-0.15, -0.1) is 0 Å². The number of anilines is 1. The van der Waals surface area contributed by atoms with Crippen molar-refractivity contribution in [3.63, 3.8) is 0 Å². The topological polar surface area (TPSA) is 130 Å². The van der Waals surface area contributed by atoms with E-state index in [4.69, 9.17) is 9.15 Å². The Balaban J connectivity index is 1.76. The lowest BCUT2D eigenvalue weighted by Gasteiger charge is -2.36. The largest absolute Gasteiger partial charge is 0.490 e. The van der Waals surface area contributed by atoms with Crippen molar-refractivity contribution in [3.8, 4) is 17.2 Å². The predicted octanol–water partition coefficient (Wildman–Crippen LogP) is 5.93. The molecule has 0 bridgehead atoms. The van der Waals surface area contributed by atoms with E-state index in [2.05, 4.69) is 30.6 Å². The summed E-state index contributed by atoms with van der Waals surface area (Å²) in [4.78, 5) is 4.56. The highest BCUT2D eigenvalue weighted by atomic mass is 31.2. The number of oxazole rings is 1. The molecule has 2 aromatic carbocycles. The zero-order chi connectivity index (χ0) is 29.2. The first kappa shape index (κ1) is 32.0. The van der Waals surface area contributed by atoms with Gasteiger partial charge in [0, 0.05) is 49.9 Å². The summed E-state index contributed by atoms with van der Waals surface area (Å²) in [5.41, 5.74) is 0.859. The van der Waals surface area contributed by atoms with Crippen molar-refractivity contribution >= 4 is 20.6 Å². The maximum Gasteiger partial charge on any atom is 0.243 e. The Kier molecular flexibility index (Phi) is 11.9. The van der Waals surface area contributed by atoms with Crippen LogP contribution in [-0.4, -0.2) is 43.3 Å². The molecule has 0 fully saturated rings. The minimum absolute atomic E-state index is 0.0645. The quantitative estimate of drug-likeness (QED) is 0.120. The maximum absolute atomic E-state index is 15.1. The summed E-state index contributed by atoms with van der Waals surface area (Å²) in [5, 5.41) is 15.0. The number of rotatable bonds is 17. The van der Waals surface area contributed by atoms with Crippen molar-refractivity contribution in [1.82, 2.24) is 25.3 Å². The molecule has 220 valence electrons. The summed E-state index contributed by atoms with van der Waals surface area (Å²) < 4.78 is 54.6. The van der Waals surface area contributed by atoms with E-state index in [9.17, 15) is 9.13 Å². The van der Waals surface area contributed by atoms with E-state index >= 15 is 4.39 Å². The van der Waals surface area contributed by atoms with Crippen molar-refractivity contribution < 1.29 is 22.7 Å². The van der Waals surface area contributed by atoms with Gasteiger partial charge in [-0.3, -0.25) is 29.5 Å². The van der Waals surface area contributed by atoms with Crippen LogP contribution in [0.25, 0.3) is 11.5 Å². The Morgan fingerprint density at radius 3 is 2.00 bits per heavy atom. The zero-order valence-corrected chi connectivity index (χ0v) is 25.6.